The Balaban J connectivity index is 1.79. The molecule has 0 bridgehead atoms. The lowest BCUT2D eigenvalue weighted by Gasteiger charge is -2.14. The van der Waals surface area contributed by atoms with Gasteiger partial charge in [-0.05, 0) is 19.1 Å². The van der Waals surface area contributed by atoms with E-state index >= 15 is 0 Å². The standard InChI is InChI=1S/C18H22N6O3/c1-10(23(2)3)22-18-11-4-13-14(5-12(11)19-8-20-18)24(9-21-13)17-6-15(26)16(7-25)27-17/h4-5,8-9,15-17,25-26H,6-7H2,1-3H3/t15-,16+,17?/m0/s1. The molecule has 3 heterocycles. The summed E-state index contributed by atoms with van der Waals surface area (Å²) in [4.78, 5) is 19.6. The highest BCUT2D eigenvalue weighted by molar-refractivity contribution is 5.99. The number of aliphatic imine (C=N–C) groups is 1. The molecule has 1 aliphatic rings. The molecule has 0 radical (unpaired) electrons. The maximum absolute atomic E-state index is 10.0. The second kappa shape index (κ2) is 6.84. The first-order valence-corrected chi connectivity index (χ1v) is 8.76. The lowest BCUT2D eigenvalue weighted by atomic mass is 10.2. The first-order chi connectivity index (χ1) is 13.0. The van der Waals surface area contributed by atoms with Gasteiger partial charge in [-0.15, -0.1) is 0 Å². The minimum absolute atomic E-state index is 0.215. The molecule has 1 aliphatic heterocycles. The predicted molar refractivity (Wildman–Crippen MR) is 101 cm³/mol. The van der Waals surface area contributed by atoms with Crippen molar-refractivity contribution in [3.8, 4) is 0 Å². The molecule has 1 unspecified atom stereocenters. The van der Waals surface area contributed by atoms with Gasteiger partial charge in [0.1, 0.15) is 24.5 Å². The van der Waals surface area contributed by atoms with Gasteiger partial charge in [-0.25, -0.2) is 19.9 Å². The molecule has 2 N–H and O–H groups in total. The zero-order valence-corrected chi connectivity index (χ0v) is 15.4. The molecular formula is C18H22N6O3. The van der Waals surface area contributed by atoms with Crippen molar-refractivity contribution < 1.29 is 14.9 Å². The summed E-state index contributed by atoms with van der Waals surface area (Å²) in [6, 6.07) is 3.84. The first kappa shape index (κ1) is 17.8. The SMILES string of the molecule is CC(=Nc1ncnc2cc3c(cc12)ncn3C1C[C@H](O)[C@@H](CO)O1)N(C)C. The molecule has 4 rings (SSSR count). The van der Waals surface area contributed by atoms with Crippen LogP contribution in [0.2, 0.25) is 0 Å². The summed E-state index contributed by atoms with van der Waals surface area (Å²) in [5, 5.41) is 20.1. The molecule has 3 aromatic rings. The van der Waals surface area contributed by atoms with E-state index in [2.05, 4.69) is 19.9 Å². The summed E-state index contributed by atoms with van der Waals surface area (Å²) >= 11 is 0. The van der Waals surface area contributed by atoms with Crippen LogP contribution >= 0.6 is 0 Å². The Bertz CT molecular complexity index is 1010. The molecule has 2 aromatic heterocycles. The summed E-state index contributed by atoms with van der Waals surface area (Å²) in [6.07, 6.45) is 1.92. The molecule has 0 amide bonds. The van der Waals surface area contributed by atoms with E-state index in [9.17, 15) is 10.2 Å². The van der Waals surface area contributed by atoms with Crippen molar-refractivity contribution in [2.45, 2.75) is 31.8 Å². The Morgan fingerprint density at radius 2 is 2.11 bits per heavy atom. The Morgan fingerprint density at radius 3 is 2.81 bits per heavy atom. The number of aliphatic hydroxyl groups excluding tert-OH is 2. The highest BCUT2D eigenvalue weighted by Gasteiger charge is 2.35. The van der Waals surface area contributed by atoms with Crippen molar-refractivity contribution in [1.82, 2.24) is 24.4 Å². The van der Waals surface area contributed by atoms with Gasteiger partial charge in [-0.1, -0.05) is 0 Å². The maximum Gasteiger partial charge on any atom is 0.165 e. The lowest BCUT2D eigenvalue weighted by Crippen LogP contribution is -2.24. The van der Waals surface area contributed by atoms with Crippen molar-refractivity contribution >= 4 is 33.6 Å². The maximum atomic E-state index is 10.0. The van der Waals surface area contributed by atoms with Gasteiger partial charge in [0.05, 0.1) is 35.6 Å². The Kier molecular flexibility index (Phi) is 4.50. The summed E-state index contributed by atoms with van der Waals surface area (Å²) < 4.78 is 7.62. The molecule has 0 saturated carbocycles. The normalized spacial score (nSPS) is 23.4. The van der Waals surface area contributed by atoms with Crippen molar-refractivity contribution in [2.75, 3.05) is 20.7 Å². The molecule has 1 saturated heterocycles. The summed E-state index contributed by atoms with van der Waals surface area (Å²) in [5.41, 5.74) is 2.36. The van der Waals surface area contributed by atoms with Gasteiger partial charge in [0, 0.05) is 25.9 Å². The number of amidine groups is 1. The predicted octanol–water partition coefficient (Wildman–Crippen LogP) is 1.23. The van der Waals surface area contributed by atoms with Gasteiger partial charge < -0.3 is 24.4 Å². The van der Waals surface area contributed by atoms with E-state index in [0.717, 1.165) is 27.8 Å². The van der Waals surface area contributed by atoms with Crippen molar-refractivity contribution in [1.29, 1.82) is 0 Å². The summed E-state index contributed by atoms with van der Waals surface area (Å²) in [7, 11) is 3.86. The van der Waals surface area contributed by atoms with Gasteiger partial charge >= 0.3 is 0 Å². The average Bonchev–Trinajstić information content (AvgIpc) is 3.22. The minimum atomic E-state index is -0.699. The van der Waals surface area contributed by atoms with Crippen molar-refractivity contribution in [2.24, 2.45) is 4.99 Å². The molecule has 9 nitrogen and oxygen atoms in total. The van der Waals surface area contributed by atoms with Crippen LogP contribution in [0.4, 0.5) is 5.82 Å². The third kappa shape index (κ3) is 3.14. The molecule has 9 heteroatoms. The Morgan fingerprint density at radius 1 is 1.30 bits per heavy atom. The molecule has 0 spiro atoms. The highest BCUT2D eigenvalue weighted by Crippen LogP contribution is 2.33. The molecule has 142 valence electrons. The van der Waals surface area contributed by atoms with E-state index in [4.69, 9.17) is 4.74 Å². The number of benzene rings is 1. The third-order valence-corrected chi connectivity index (χ3v) is 4.92. The van der Waals surface area contributed by atoms with Crippen LogP contribution in [-0.4, -0.2) is 73.4 Å². The van der Waals surface area contributed by atoms with Gasteiger partial charge in [0.2, 0.25) is 0 Å². The molecule has 3 atom stereocenters. The molecule has 27 heavy (non-hydrogen) atoms. The van der Waals surface area contributed by atoms with Crippen LogP contribution in [0.15, 0.2) is 29.8 Å². The first-order valence-electron chi connectivity index (χ1n) is 8.76. The van der Waals surface area contributed by atoms with Gasteiger partial charge in [0.15, 0.2) is 5.82 Å². The number of nitrogens with zero attached hydrogens (tertiary/aromatic N) is 6. The fourth-order valence-electron chi connectivity index (χ4n) is 3.19. The van der Waals surface area contributed by atoms with Gasteiger partial charge in [-0.2, -0.15) is 0 Å². The largest absolute Gasteiger partial charge is 0.394 e. The van der Waals surface area contributed by atoms with Crippen LogP contribution in [0.5, 0.6) is 0 Å². The molecular weight excluding hydrogens is 348 g/mol. The van der Waals surface area contributed by atoms with Gasteiger partial charge in [0.25, 0.3) is 0 Å². The molecule has 0 aliphatic carbocycles. The smallest absolute Gasteiger partial charge is 0.165 e. The Labute approximate surface area is 156 Å². The van der Waals surface area contributed by atoms with E-state index in [0.29, 0.717) is 12.2 Å². The number of rotatable bonds is 3. The zero-order valence-electron chi connectivity index (χ0n) is 15.4. The van der Waals surface area contributed by atoms with Crippen LogP contribution in [0.1, 0.15) is 19.6 Å². The number of ether oxygens (including phenoxy) is 1. The van der Waals surface area contributed by atoms with Crippen LogP contribution in [-0.2, 0) is 4.74 Å². The topological polar surface area (TPSA) is 109 Å². The van der Waals surface area contributed by atoms with Crippen molar-refractivity contribution in [3.05, 3.63) is 24.8 Å². The van der Waals surface area contributed by atoms with Gasteiger partial charge in [-0.3, -0.25) is 0 Å². The second-order valence-electron chi connectivity index (χ2n) is 6.88. The summed E-state index contributed by atoms with van der Waals surface area (Å²) in [5.74, 6) is 1.43. The number of aromatic nitrogens is 4. The fraction of sp³-hybridized carbons (Fsp3) is 0.444. The number of imidazole rings is 1. The van der Waals surface area contributed by atoms with E-state index in [-0.39, 0.29) is 12.8 Å². The number of hydrogen-bond donors (Lipinski definition) is 2. The number of hydrogen-bond acceptors (Lipinski definition) is 7. The minimum Gasteiger partial charge on any atom is -0.394 e. The molecule has 1 aromatic carbocycles. The average molecular weight is 370 g/mol. The zero-order chi connectivity index (χ0) is 19.1. The van der Waals surface area contributed by atoms with Crippen LogP contribution < -0.4 is 0 Å². The number of aliphatic hydroxyl groups is 2. The lowest BCUT2D eigenvalue weighted by molar-refractivity contribution is -0.0430. The monoisotopic (exact) mass is 370 g/mol. The fourth-order valence-corrected chi connectivity index (χ4v) is 3.19. The van der Waals surface area contributed by atoms with Crippen molar-refractivity contribution in [3.63, 3.8) is 0 Å². The van der Waals surface area contributed by atoms with E-state index in [1.807, 2.05) is 42.6 Å². The van der Waals surface area contributed by atoms with E-state index < -0.39 is 12.2 Å². The Hall–Kier alpha value is -2.62. The molecule has 1 fully saturated rings. The van der Waals surface area contributed by atoms with E-state index in [1.54, 1.807) is 6.33 Å². The highest BCUT2D eigenvalue weighted by atomic mass is 16.5. The quantitative estimate of drug-likeness (QED) is 0.527. The van der Waals surface area contributed by atoms with E-state index in [1.165, 1.54) is 6.33 Å². The van der Waals surface area contributed by atoms with Crippen LogP contribution in [0.3, 0.4) is 0 Å². The second-order valence-corrected chi connectivity index (χ2v) is 6.88. The third-order valence-electron chi connectivity index (χ3n) is 4.92. The number of fused-ring (bicyclic) bond motifs is 2. The van der Waals surface area contributed by atoms with Crippen LogP contribution in [0.25, 0.3) is 21.9 Å². The summed E-state index contributed by atoms with van der Waals surface area (Å²) in [6.45, 7) is 1.70. The van der Waals surface area contributed by atoms with Crippen LogP contribution in [0, 0.1) is 0 Å².